The van der Waals surface area contributed by atoms with Gasteiger partial charge >= 0.3 is 0 Å². The molecule has 1 aliphatic heterocycles. The highest BCUT2D eigenvalue weighted by Crippen LogP contribution is 2.27. The first-order valence-corrected chi connectivity index (χ1v) is 8.69. The van der Waals surface area contributed by atoms with Gasteiger partial charge in [0.2, 0.25) is 5.91 Å². The van der Waals surface area contributed by atoms with Gasteiger partial charge in [-0.25, -0.2) is 0 Å². The van der Waals surface area contributed by atoms with E-state index < -0.39 is 0 Å². The molecule has 1 fully saturated rings. The fourth-order valence-corrected chi connectivity index (χ4v) is 3.26. The molecule has 23 heavy (non-hydrogen) atoms. The highest BCUT2D eigenvalue weighted by Gasteiger charge is 2.27. The van der Waals surface area contributed by atoms with Crippen LogP contribution in [0.5, 0.6) is 0 Å². The average molecular weight is 318 g/mol. The van der Waals surface area contributed by atoms with Gasteiger partial charge in [0.05, 0.1) is 0 Å². The van der Waals surface area contributed by atoms with Crippen molar-refractivity contribution >= 4 is 5.91 Å². The van der Waals surface area contributed by atoms with Gasteiger partial charge in [-0.3, -0.25) is 9.69 Å². The minimum atomic E-state index is 0.165. The summed E-state index contributed by atoms with van der Waals surface area (Å²) >= 11 is 0. The molecule has 0 aromatic heterocycles. The molecule has 1 saturated heterocycles. The molecule has 0 spiro atoms. The van der Waals surface area contributed by atoms with E-state index in [2.05, 4.69) is 48.3 Å². The number of benzene rings is 1. The molecular weight excluding hydrogens is 288 g/mol. The topological polar surface area (TPSA) is 41.6 Å². The number of rotatable bonds is 7. The van der Waals surface area contributed by atoms with Gasteiger partial charge in [0, 0.05) is 32.2 Å². The Hall–Kier alpha value is -1.39. The molecule has 128 valence electrons. The first kappa shape index (κ1) is 18.0. The molecule has 0 saturated carbocycles. The van der Waals surface area contributed by atoms with E-state index in [0.717, 1.165) is 32.4 Å². The molecule has 4 nitrogen and oxygen atoms in total. The third-order valence-corrected chi connectivity index (χ3v) is 4.80. The van der Waals surface area contributed by atoms with E-state index in [1.807, 2.05) is 0 Å². The summed E-state index contributed by atoms with van der Waals surface area (Å²) in [6.07, 6.45) is 2.78. The number of hydrogen-bond acceptors (Lipinski definition) is 3. The number of piperidine rings is 1. The molecule has 2 rings (SSSR count). The van der Waals surface area contributed by atoms with Gasteiger partial charge in [-0.05, 0) is 51.8 Å². The molecule has 1 N–H and O–H groups in total. The van der Waals surface area contributed by atoms with Crippen LogP contribution in [0.1, 0.15) is 43.4 Å². The van der Waals surface area contributed by atoms with Gasteiger partial charge in [0.25, 0.3) is 0 Å². The summed E-state index contributed by atoms with van der Waals surface area (Å²) in [6, 6.07) is 9.14. The molecule has 0 radical (unpaired) electrons. The van der Waals surface area contributed by atoms with Gasteiger partial charge in [-0.15, -0.1) is 0 Å². The first-order valence-electron chi connectivity index (χ1n) is 8.69. The summed E-state index contributed by atoms with van der Waals surface area (Å²) in [5, 5.41) is 3.03. The van der Waals surface area contributed by atoms with Crippen molar-refractivity contribution < 1.29 is 9.53 Å². The normalized spacial score (nSPS) is 17.9. The molecule has 1 atom stereocenters. The Labute approximate surface area is 140 Å². The van der Waals surface area contributed by atoms with Crippen LogP contribution < -0.4 is 5.32 Å². The second-order valence-corrected chi connectivity index (χ2v) is 6.54. The minimum absolute atomic E-state index is 0.165. The fourth-order valence-electron chi connectivity index (χ4n) is 3.26. The third kappa shape index (κ3) is 5.33. The number of likely N-dealkylation sites (tertiary alicyclic amines) is 1. The van der Waals surface area contributed by atoms with Crippen LogP contribution in [0.2, 0.25) is 0 Å². The molecule has 0 aliphatic carbocycles. The van der Waals surface area contributed by atoms with Crippen molar-refractivity contribution in [3.63, 3.8) is 0 Å². The average Bonchev–Trinajstić information content (AvgIpc) is 2.58. The largest absolute Gasteiger partial charge is 0.385 e. The van der Waals surface area contributed by atoms with E-state index in [4.69, 9.17) is 4.74 Å². The quantitative estimate of drug-likeness (QED) is 0.786. The molecule has 1 amide bonds. The van der Waals surface area contributed by atoms with Crippen LogP contribution in [0.3, 0.4) is 0 Å². The standard InChI is InChI=1S/C19H30N2O2/c1-15-6-4-7-18(14-15)16(2)21-11-8-17(9-12-21)19(22)20-10-5-13-23-3/h4,6-7,14,16-17H,5,8-13H2,1-3H3,(H,20,22)/t16-/m1/s1. The predicted octanol–water partition coefficient (Wildman–Crippen LogP) is 2.92. The van der Waals surface area contributed by atoms with Crippen molar-refractivity contribution in [1.82, 2.24) is 10.2 Å². The van der Waals surface area contributed by atoms with Crippen LogP contribution in [0.4, 0.5) is 0 Å². The van der Waals surface area contributed by atoms with E-state index in [-0.39, 0.29) is 11.8 Å². The summed E-state index contributed by atoms with van der Waals surface area (Å²) in [5.74, 6) is 0.377. The highest BCUT2D eigenvalue weighted by molar-refractivity contribution is 5.78. The minimum Gasteiger partial charge on any atom is -0.385 e. The number of nitrogens with zero attached hydrogens (tertiary/aromatic N) is 1. The maximum atomic E-state index is 12.2. The first-order chi connectivity index (χ1) is 11.1. The van der Waals surface area contributed by atoms with Crippen molar-refractivity contribution in [3.05, 3.63) is 35.4 Å². The Kier molecular flexibility index (Phi) is 7.06. The molecular formula is C19H30N2O2. The molecule has 4 heteroatoms. The number of methoxy groups -OCH3 is 1. The maximum Gasteiger partial charge on any atom is 0.223 e. The molecule has 1 aliphatic rings. The van der Waals surface area contributed by atoms with Gasteiger partial charge < -0.3 is 10.1 Å². The molecule has 0 unspecified atom stereocenters. The summed E-state index contributed by atoms with van der Waals surface area (Å²) in [5.41, 5.74) is 2.67. The van der Waals surface area contributed by atoms with E-state index in [0.29, 0.717) is 19.2 Å². The van der Waals surface area contributed by atoms with Crippen LogP contribution in [-0.2, 0) is 9.53 Å². The Morgan fingerprint density at radius 3 is 2.78 bits per heavy atom. The van der Waals surface area contributed by atoms with Crippen molar-refractivity contribution in [1.29, 1.82) is 0 Å². The molecule has 1 heterocycles. The molecule has 1 aromatic rings. The van der Waals surface area contributed by atoms with Gasteiger partial charge in [0.1, 0.15) is 0 Å². The lowest BCUT2D eigenvalue weighted by Crippen LogP contribution is -2.41. The monoisotopic (exact) mass is 318 g/mol. The second kappa shape index (κ2) is 9.04. The van der Waals surface area contributed by atoms with Crippen LogP contribution >= 0.6 is 0 Å². The van der Waals surface area contributed by atoms with Crippen LogP contribution in [0.25, 0.3) is 0 Å². The van der Waals surface area contributed by atoms with Gasteiger partial charge in [-0.2, -0.15) is 0 Å². The number of nitrogens with one attached hydrogen (secondary N) is 1. The van der Waals surface area contributed by atoms with E-state index in [9.17, 15) is 4.79 Å². The number of hydrogen-bond donors (Lipinski definition) is 1. The van der Waals surface area contributed by atoms with Crippen LogP contribution in [0, 0.1) is 12.8 Å². The Morgan fingerprint density at radius 1 is 1.39 bits per heavy atom. The Bertz CT molecular complexity index is 496. The van der Waals surface area contributed by atoms with Crippen molar-refractivity contribution in [2.24, 2.45) is 5.92 Å². The third-order valence-electron chi connectivity index (χ3n) is 4.80. The summed E-state index contributed by atoms with van der Waals surface area (Å²) in [7, 11) is 1.69. The zero-order valence-corrected chi connectivity index (χ0v) is 14.7. The summed E-state index contributed by atoms with van der Waals surface area (Å²) in [6.45, 7) is 7.80. The molecule has 0 bridgehead atoms. The van der Waals surface area contributed by atoms with E-state index >= 15 is 0 Å². The SMILES string of the molecule is COCCCNC(=O)C1CCN([C@H](C)c2cccc(C)c2)CC1. The van der Waals surface area contributed by atoms with Crippen molar-refractivity contribution in [2.45, 2.75) is 39.2 Å². The lowest BCUT2D eigenvalue weighted by molar-refractivity contribution is -0.126. The highest BCUT2D eigenvalue weighted by atomic mass is 16.5. The van der Waals surface area contributed by atoms with Gasteiger partial charge in [-0.1, -0.05) is 29.8 Å². The lowest BCUT2D eigenvalue weighted by Gasteiger charge is -2.35. The molecule has 1 aromatic carbocycles. The number of ether oxygens (including phenoxy) is 1. The smallest absolute Gasteiger partial charge is 0.223 e. The van der Waals surface area contributed by atoms with E-state index in [1.165, 1.54) is 11.1 Å². The number of carbonyl (C=O) groups is 1. The second-order valence-electron chi connectivity index (χ2n) is 6.54. The lowest BCUT2D eigenvalue weighted by atomic mass is 9.93. The summed E-state index contributed by atoms with van der Waals surface area (Å²) < 4.78 is 5.00. The Balaban J connectivity index is 1.78. The van der Waals surface area contributed by atoms with E-state index in [1.54, 1.807) is 7.11 Å². The maximum absolute atomic E-state index is 12.2. The predicted molar refractivity (Wildman–Crippen MR) is 93.4 cm³/mol. The number of amides is 1. The van der Waals surface area contributed by atoms with Crippen molar-refractivity contribution in [3.8, 4) is 0 Å². The number of carbonyl (C=O) groups excluding carboxylic acids is 1. The zero-order chi connectivity index (χ0) is 16.7. The van der Waals surface area contributed by atoms with Gasteiger partial charge in [0.15, 0.2) is 0 Å². The summed E-state index contributed by atoms with van der Waals surface area (Å²) in [4.78, 5) is 14.7. The van der Waals surface area contributed by atoms with Crippen LogP contribution in [-0.4, -0.2) is 44.2 Å². The Morgan fingerprint density at radius 2 is 2.13 bits per heavy atom. The zero-order valence-electron chi connectivity index (χ0n) is 14.7. The van der Waals surface area contributed by atoms with Crippen LogP contribution in [0.15, 0.2) is 24.3 Å². The number of aryl methyl sites for hydroxylation is 1. The van der Waals surface area contributed by atoms with Crippen molar-refractivity contribution in [2.75, 3.05) is 33.4 Å². The fraction of sp³-hybridized carbons (Fsp3) is 0.632.